The van der Waals surface area contributed by atoms with E-state index >= 15 is 0 Å². The first-order valence-corrected chi connectivity index (χ1v) is 5.35. The van der Waals surface area contributed by atoms with Gasteiger partial charge in [-0.3, -0.25) is 9.59 Å². The van der Waals surface area contributed by atoms with Gasteiger partial charge in [-0.2, -0.15) is 0 Å². The van der Waals surface area contributed by atoms with Gasteiger partial charge in [0.2, 0.25) is 0 Å². The number of nitrogens with one attached hydrogen (secondary N) is 1. The van der Waals surface area contributed by atoms with Crippen molar-refractivity contribution in [3.8, 4) is 0 Å². The number of allylic oxidation sites excluding steroid dienone is 2. The molecule has 3 nitrogen and oxygen atoms in total. The zero-order chi connectivity index (χ0) is 11.4. The van der Waals surface area contributed by atoms with Gasteiger partial charge in [0.05, 0.1) is 0 Å². The van der Waals surface area contributed by atoms with Crippen LogP contribution in [-0.4, -0.2) is 11.7 Å². The van der Waals surface area contributed by atoms with Crippen molar-refractivity contribution in [1.29, 1.82) is 0 Å². The van der Waals surface area contributed by atoms with Gasteiger partial charge in [-0.25, -0.2) is 0 Å². The van der Waals surface area contributed by atoms with Gasteiger partial charge in [-0.1, -0.05) is 18.2 Å². The minimum Gasteiger partial charge on any atom is -0.326 e. The molecule has 0 fully saturated rings. The number of carbonyl (C=O) groups excluding carboxylic acids is 2. The number of rotatable bonds is 2. The number of benzene rings is 1. The third-order valence-corrected chi connectivity index (χ3v) is 2.51. The third-order valence-electron chi connectivity index (χ3n) is 2.51. The molecule has 0 heterocycles. The Labute approximate surface area is 94.2 Å². The average Bonchev–Trinajstić information content (AvgIpc) is 2.30. The van der Waals surface area contributed by atoms with Crippen molar-refractivity contribution in [2.75, 3.05) is 0 Å². The summed E-state index contributed by atoms with van der Waals surface area (Å²) in [7, 11) is 0. The minimum atomic E-state index is -0.151. The smallest absolute Gasteiger partial charge is 0.255 e. The molecule has 0 saturated carbocycles. The van der Waals surface area contributed by atoms with Crippen LogP contribution in [0.3, 0.4) is 0 Å². The van der Waals surface area contributed by atoms with Crippen LogP contribution in [0.1, 0.15) is 29.6 Å². The van der Waals surface area contributed by atoms with Crippen LogP contribution < -0.4 is 5.32 Å². The van der Waals surface area contributed by atoms with Crippen LogP contribution in [0.2, 0.25) is 0 Å². The Hall–Kier alpha value is -1.90. The zero-order valence-corrected chi connectivity index (χ0v) is 8.90. The number of ketones is 1. The van der Waals surface area contributed by atoms with Gasteiger partial charge in [-0.15, -0.1) is 0 Å². The number of amides is 1. The van der Waals surface area contributed by atoms with E-state index in [-0.39, 0.29) is 11.7 Å². The van der Waals surface area contributed by atoms with Crippen molar-refractivity contribution in [2.45, 2.75) is 19.3 Å². The fraction of sp³-hybridized carbons (Fsp3) is 0.231. The molecule has 16 heavy (non-hydrogen) atoms. The molecule has 0 aromatic heterocycles. The van der Waals surface area contributed by atoms with Crippen LogP contribution in [-0.2, 0) is 4.79 Å². The Kier molecular flexibility index (Phi) is 3.15. The van der Waals surface area contributed by atoms with Gasteiger partial charge in [0.25, 0.3) is 5.91 Å². The van der Waals surface area contributed by atoms with Crippen LogP contribution in [0, 0.1) is 0 Å². The number of carbonyl (C=O) groups is 2. The Balaban J connectivity index is 2.05. The van der Waals surface area contributed by atoms with Gasteiger partial charge >= 0.3 is 0 Å². The second-order valence-corrected chi connectivity index (χ2v) is 3.81. The predicted octanol–water partition coefficient (Wildman–Crippen LogP) is 2.05. The highest BCUT2D eigenvalue weighted by Crippen LogP contribution is 2.13. The van der Waals surface area contributed by atoms with Crippen molar-refractivity contribution in [3.05, 3.63) is 47.7 Å². The average molecular weight is 215 g/mol. The lowest BCUT2D eigenvalue weighted by atomic mass is 10.0. The van der Waals surface area contributed by atoms with E-state index in [4.69, 9.17) is 0 Å². The molecular formula is C13H13NO2. The first kappa shape index (κ1) is 10.6. The highest BCUT2D eigenvalue weighted by molar-refractivity contribution is 5.97. The van der Waals surface area contributed by atoms with E-state index in [9.17, 15) is 9.59 Å². The Bertz CT molecular complexity index is 435. The van der Waals surface area contributed by atoms with Gasteiger partial charge < -0.3 is 5.32 Å². The monoisotopic (exact) mass is 215 g/mol. The molecule has 0 spiro atoms. The van der Waals surface area contributed by atoms with E-state index in [2.05, 4.69) is 5.32 Å². The van der Waals surface area contributed by atoms with E-state index in [1.54, 1.807) is 12.1 Å². The van der Waals surface area contributed by atoms with Crippen molar-refractivity contribution in [3.63, 3.8) is 0 Å². The summed E-state index contributed by atoms with van der Waals surface area (Å²) in [4.78, 5) is 22.9. The summed E-state index contributed by atoms with van der Waals surface area (Å²) in [6, 6.07) is 8.99. The van der Waals surface area contributed by atoms with Crippen LogP contribution in [0.25, 0.3) is 0 Å². The molecular weight excluding hydrogens is 202 g/mol. The van der Waals surface area contributed by atoms with E-state index in [1.807, 2.05) is 18.2 Å². The Morgan fingerprint density at radius 3 is 2.56 bits per heavy atom. The SMILES string of the molecule is O=C1C=C(NC(=O)c2ccccc2)CCC1. The zero-order valence-electron chi connectivity index (χ0n) is 8.90. The standard InChI is InChI=1S/C13H13NO2/c15-12-8-4-7-11(9-12)14-13(16)10-5-2-1-3-6-10/h1-3,5-6,9H,4,7-8H2,(H,14,16). The molecule has 0 unspecified atom stereocenters. The first-order valence-electron chi connectivity index (χ1n) is 5.35. The summed E-state index contributed by atoms with van der Waals surface area (Å²) in [5.41, 5.74) is 1.34. The molecule has 0 bridgehead atoms. The van der Waals surface area contributed by atoms with E-state index in [0.717, 1.165) is 18.5 Å². The van der Waals surface area contributed by atoms with Gasteiger partial charge in [0.15, 0.2) is 5.78 Å². The molecule has 0 radical (unpaired) electrons. The van der Waals surface area contributed by atoms with Crippen LogP contribution in [0.4, 0.5) is 0 Å². The number of hydrogen-bond acceptors (Lipinski definition) is 2. The van der Waals surface area contributed by atoms with Gasteiger partial charge in [0, 0.05) is 23.8 Å². The lowest BCUT2D eigenvalue weighted by molar-refractivity contribution is -0.115. The predicted molar refractivity (Wildman–Crippen MR) is 60.8 cm³/mol. The van der Waals surface area contributed by atoms with Crippen LogP contribution in [0.15, 0.2) is 42.1 Å². The highest BCUT2D eigenvalue weighted by atomic mass is 16.1. The molecule has 1 aromatic carbocycles. The summed E-state index contributed by atoms with van der Waals surface area (Å²) in [5, 5.41) is 2.77. The maximum Gasteiger partial charge on any atom is 0.255 e. The lowest BCUT2D eigenvalue weighted by Gasteiger charge is -2.13. The van der Waals surface area contributed by atoms with Crippen molar-refractivity contribution in [2.24, 2.45) is 0 Å². The summed E-state index contributed by atoms with van der Waals surface area (Å²) in [5.74, 6) is -0.0591. The van der Waals surface area contributed by atoms with Gasteiger partial charge in [0.1, 0.15) is 0 Å². The molecule has 1 aliphatic carbocycles. The van der Waals surface area contributed by atoms with Crippen molar-refractivity contribution in [1.82, 2.24) is 5.32 Å². The summed E-state index contributed by atoms with van der Waals surface area (Å²) < 4.78 is 0. The molecule has 1 amide bonds. The summed E-state index contributed by atoms with van der Waals surface area (Å²) in [6.45, 7) is 0. The van der Waals surface area contributed by atoms with Crippen molar-refractivity contribution >= 4 is 11.7 Å². The Morgan fingerprint density at radius 1 is 1.12 bits per heavy atom. The van der Waals surface area contributed by atoms with Crippen LogP contribution in [0.5, 0.6) is 0 Å². The fourth-order valence-electron chi connectivity index (χ4n) is 1.70. The second-order valence-electron chi connectivity index (χ2n) is 3.81. The van der Waals surface area contributed by atoms with E-state index < -0.39 is 0 Å². The topological polar surface area (TPSA) is 46.2 Å². The molecule has 2 rings (SSSR count). The normalized spacial score (nSPS) is 15.5. The number of hydrogen-bond donors (Lipinski definition) is 1. The fourth-order valence-corrected chi connectivity index (χ4v) is 1.70. The maximum absolute atomic E-state index is 11.8. The largest absolute Gasteiger partial charge is 0.326 e. The van der Waals surface area contributed by atoms with Crippen LogP contribution >= 0.6 is 0 Å². The van der Waals surface area contributed by atoms with Gasteiger partial charge in [-0.05, 0) is 25.0 Å². The molecule has 1 aliphatic rings. The van der Waals surface area contributed by atoms with E-state index in [0.29, 0.717) is 12.0 Å². The lowest BCUT2D eigenvalue weighted by Crippen LogP contribution is -2.25. The third kappa shape index (κ3) is 2.57. The molecule has 1 aromatic rings. The Morgan fingerprint density at radius 2 is 1.88 bits per heavy atom. The molecule has 0 saturated heterocycles. The van der Waals surface area contributed by atoms with Crippen molar-refractivity contribution < 1.29 is 9.59 Å². The summed E-state index contributed by atoms with van der Waals surface area (Å²) in [6.07, 6.45) is 3.71. The highest BCUT2D eigenvalue weighted by Gasteiger charge is 2.12. The van der Waals surface area contributed by atoms with E-state index in [1.165, 1.54) is 6.08 Å². The maximum atomic E-state index is 11.8. The molecule has 1 N–H and O–H groups in total. The molecule has 0 aliphatic heterocycles. The molecule has 0 atom stereocenters. The second kappa shape index (κ2) is 4.75. The first-order chi connectivity index (χ1) is 7.75. The quantitative estimate of drug-likeness (QED) is 0.820. The molecule has 82 valence electrons. The minimum absolute atomic E-state index is 0.0922. The molecule has 3 heteroatoms. The summed E-state index contributed by atoms with van der Waals surface area (Å²) >= 11 is 0.